The summed E-state index contributed by atoms with van der Waals surface area (Å²) in [6.07, 6.45) is 1.54. The summed E-state index contributed by atoms with van der Waals surface area (Å²) in [6, 6.07) is 7.33. The molecule has 0 amide bonds. The number of nitrogens with one attached hydrogen (secondary N) is 2. The van der Waals surface area contributed by atoms with Crippen LogP contribution in [0.3, 0.4) is 0 Å². The van der Waals surface area contributed by atoms with Crippen LogP contribution in [0.25, 0.3) is 0 Å². The van der Waals surface area contributed by atoms with Crippen LogP contribution in [0.4, 0.5) is 0 Å². The fourth-order valence-electron chi connectivity index (χ4n) is 2.88. The molecule has 5 nitrogen and oxygen atoms in total. The number of rotatable bonds is 3. The van der Waals surface area contributed by atoms with Crippen LogP contribution in [0.1, 0.15) is 18.5 Å². The van der Waals surface area contributed by atoms with Gasteiger partial charge in [0.1, 0.15) is 18.3 Å². The van der Waals surface area contributed by atoms with E-state index in [0.29, 0.717) is 5.11 Å². The maximum atomic E-state index is 12.4. The molecule has 0 spiro atoms. The Morgan fingerprint density at radius 1 is 1.57 bits per heavy atom. The number of hydrogen-bond donors (Lipinski definition) is 2. The standard InChI is InChI=1S/C15H16N2O3S/c1-3-8-19-13(18)11-12-9-6-4-5-7-10(9)20-15(11,2)17-14(21)16-12/h3-7,11-12H,1,8H2,2H3,(H2,16,17,21)/t11-,12+,15+/m1/s1. The maximum absolute atomic E-state index is 12.4. The fraction of sp³-hybridized carbons (Fsp3) is 0.333. The number of carbonyl (C=O) groups excluding carboxylic acids is 1. The summed E-state index contributed by atoms with van der Waals surface area (Å²) >= 11 is 5.22. The van der Waals surface area contributed by atoms with E-state index in [1.54, 1.807) is 6.08 Å². The predicted molar refractivity (Wildman–Crippen MR) is 81.7 cm³/mol. The summed E-state index contributed by atoms with van der Waals surface area (Å²) < 4.78 is 11.2. The Balaban J connectivity index is 2.03. The molecule has 1 aromatic carbocycles. The van der Waals surface area contributed by atoms with Gasteiger partial charge in [0.25, 0.3) is 0 Å². The van der Waals surface area contributed by atoms with E-state index in [2.05, 4.69) is 17.2 Å². The van der Waals surface area contributed by atoms with Crippen molar-refractivity contribution in [3.8, 4) is 5.75 Å². The molecule has 0 unspecified atom stereocenters. The van der Waals surface area contributed by atoms with E-state index in [1.807, 2.05) is 31.2 Å². The maximum Gasteiger partial charge on any atom is 0.317 e. The van der Waals surface area contributed by atoms with Crippen LogP contribution >= 0.6 is 12.2 Å². The van der Waals surface area contributed by atoms with Gasteiger partial charge in [-0.3, -0.25) is 4.79 Å². The van der Waals surface area contributed by atoms with Crippen LogP contribution in [-0.2, 0) is 9.53 Å². The predicted octanol–water partition coefficient (Wildman–Crippen LogP) is 1.66. The van der Waals surface area contributed by atoms with Crippen molar-refractivity contribution in [2.75, 3.05) is 6.61 Å². The normalized spacial score (nSPS) is 29.3. The average molecular weight is 304 g/mol. The van der Waals surface area contributed by atoms with Gasteiger partial charge in [0.2, 0.25) is 0 Å². The first-order valence-corrected chi connectivity index (χ1v) is 7.10. The molecular weight excluding hydrogens is 288 g/mol. The zero-order valence-electron chi connectivity index (χ0n) is 11.6. The first-order chi connectivity index (χ1) is 10.0. The minimum Gasteiger partial charge on any atom is -0.467 e. The Labute approximate surface area is 128 Å². The lowest BCUT2D eigenvalue weighted by molar-refractivity contribution is -0.161. The van der Waals surface area contributed by atoms with Gasteiger partial charge < -0.3 is 20.1 Å². The summed E-state index contributed by atoms with van der Waals surface area (Å²) in [4.78, 5) is 12.4. The minimum atomic E-state index is -0.931. The van der Waals surface area contributed by atoms with Gasteiger partial charge in [-0.2, -0.15) is 0 Å². The van der Waals surface area contributed by atoms with Crippen molar-refractivity contribution in [3.05, 3.63) is 42.5 Å². The first kappa shape index (κ1) is 13.9. The van der Waals surface area contributed by atoms with Crippen molar-refractivity contribution in [1.82, 2.24) is 10.6 Å². The summed E-state index contributed by atoms with van der Waals surface area (Å²) in [5.41, 5.74) is -0.0287. The molecule has 6 heteroatoms. The van der Waals surface area contributed by atoms with Crippen molar-refractivity contribution in [3.63, 3.8) is 0 Å². The van der Waals surface area contributed by atoms with Gasteiger partial charge >= 0.3 is 5.97 Å². The van der Waals surface area contributed by atoms with E-state index in [9.17, 15) is 4.79 Å². The van der Waals surface area contributed by atoms with Crippen LogP contribution < -0.4 is 15.4 Å². The summed E-state index contributed by atoms with van der Waals surface area (Å²) in [5, 5.41) is 6.66. The quantitative estimate of drug-likeness (QED) is 0.503. The highest BCUT2D eigenvalue weighted by molar-refractivity contribution is 7.80. The molecule has 3 atom stereocenters. The number of hydrogen-bond acceptors (Lipinski definition) is 4. The van der Waals surface area contributed by atoms with Gasteiger partial charge in [0, 0.05) is 5.56 Å². The smallest absolute Gasteiger partial charge is 0.317 e. The molecule has 2 N–H and O–H groups in total. The highest BCUT2D eigenvalue weighted by Gasteiger charge is 2.55. The third-order valence-corrected chi connectivity index (χ3v) is 3.97. The molecule has 1 saturated heterocycles. The number of para-hydroxylation sites is 1. The molecule has 21 heavy (non-hydrogen) atoms. The van der Waals surface area contributed by atoms with Crippen LogP contribution in [0, 0.1) is 5.92 Å². The van der Waals surface area contributed by atoms with Crippen molar-refractivity contribution in [1.29, 1.82) is 0 Å². The van der Waals surface area contributed by atoms with E-state index in [1.165, 1.54) is 0 Å². The van der Waals surface area contributed by atoms with E-state index >= 15 is 0 Å². The van der Waals surface area contributed by atoms with Gasteiger partial charge in [0.15, 0.2) is 10.8 Å². The zero-order valence-corrected chi connectivity index (χ0v) is 12.4. The number of benzene rings is 1. The Bertz CT molecular complexity index is 619. The SMILES string of the molecule is C=CCOC(=O)[C@H]1[C@H]2NC(=S)N[C@@]1(C)Oc1ccccc12. The second-order valence-electron chi connectivity index (χ2n) is 5.22. The van der Waals surface area contributed by atoms with Crippen molar-refractivity contribution < 1.29 is 14.3 Å². The molecule has 0 aliphatic carbocycles. The first-order valence-electron chi connectivity index (χ1n) is 6.69. The van der Waals surface area contributed by atoms with Crippen molar-refractivity contribution in [2.45, 2.75) is 18.7 Å². The largest absolute Gasteiger partial charge is 0.467 e. The van der Waals surface area contributed by atoms with Gasteiger partial charge in [-0.25, -0.2) is 0 Å². The van der Waals surface area contributed by atoms with Gasteiger partial charge in [-0.05, 0) is 25.2 Å². The Morgan fingerprint density at radius 2 is 2.33 bits per heavy atom. The molecule has 2 bridgehead atoms. The van der Waals surface area contributed by atoms with E-state index in [4.69, 9.17) is 21.7 Å². The van der Waals surface area contributed by atoms with E-state index < -0.39 is 11.6 Å². The van der Waals surface area contributed by atoms with Crippen LogP contribution in [0.5, 0.6) is 5.75 Å². The monoisotopic (exact) mass is 304 g/mol. The molecule has 1 fully saturated rings. The number of thiocarbonyl (C=S) groups is 1. The number of fused-ring (bicyclic) bond motifs is 4. The number of carbonyl (C=O) groups is 1. The van der Waals surface area contributed by atoms with Crippen molar-refractivity contribution in [2.24, 2.45) is 5.92 Å². The summed E-state index contributed by atoms with van der Waals surface area (Å²) in [6.45, 7) is 5.53. The molecule has 0 saturated carbocycles. The molecule has 0 aromatic heterocycles. The lowest BCUT2D eigenvalue weighted by atomic mass is 9.80. The topological polar surface area (TPSA) is 59.6 Å². The highest BCUT2D eigenvalue weighted by Crippen LogP contribution is 2.44. The number of ether oxygens (including phenoxy) is 2. The molecule has 1 aromatic rings. The van der Waals surface area contributed by atoms with Crippen LogP contribution in [-0.4, -0.2) is 23.4 Å². The second-order valence-corrected chi connectivity index (χ2v) is 5.63. The molecule has 3 rings (SSSR count). The number of esters is 1. The second kappa shape index (κ2) is 5.04. The highest BCUT2D eigenvalue weighted by atomic mass is 32.1. The van der Waals surface area contributed by atoms with Gasteiger partial charge in [-0.15, -0.1) is 0 Å². The van der Waals surface area contributed by atoms with E-state index in [-0.39, 0.29) is 18.6 Å². The molecule has 110 valence electrons. The van der Waals surface area contributed by atoms with Gasteiger partial charge in [0.05, 0.1) is 6.04 Å². The van der Waals surface area contributed by atoms with Gasteiger partial charge in [-0.1, -0.05) is 30.9 Å². The lowest BCUT2D eigenvalue weighted by Gasteiger charge is -2.50. The molecule has 2 aliphatic heterocycles. The third-order valence-electron chi connectivity index (χ3n) is 3.75. The fourth-order valence-corrected chi connectivity index (χ4v) is 3.21. The summed E-state index contributed by atoms with van der Waals surface area (Å²) in [7, 11) is 0. The van der Waals surface area contributed by atoms with Crippen molar-refractivity contribution >= 4 is 23.3 Å². The molecular formula is C15H16N2O3S. The van der Waals surface area contributed by atoms with E-state index in [0.717, 1.165) is 11.3 Å². The zero-order chi connectivity index (χ0) is 15.0. The Kier molecular flexibility index (Phi) is 3.33. The van der Waals surface area contributed by atoms with Crippen LogP contribution in [0.15, 0.2) is 36.9 Å². The summed E-state index contributed by atoms with van der Waals surface area (Å²) in [5.74, 6) is -0.154. The average Bonchev–Trinajstić information content (AvgIpc) is 2.43. The lowest BCUT2D eigenvalue weighted by Crippen LogP contribution is -2.70. The molecule has 2 aliphatic rings. The Hall–Kier alpha value is -2.08. The molecule has 0 radical (unpaired) electrons. The third kappa shape index (κ3) is 2.25. The minimum absolute atomic E-state index is 0.171. The van der Waals surface area contributed by atoms with Crippen LogP contribution in [0.2, 0.25) is 0 Å². The molecule has 2 heterocycles. The Morgan fingerprint density at radius 3 is 3.10 bits per heavy atom.